The number of hydrogen-bond acceptors (Lipinski definition) is 2. The number of para-hydroxylation sites is 3. The van der Waals surface area contributed by atoms with E-state index in [4.69, 9.17) is 4.42 Å². The van der Waals surface area contributed by atoms with Crippen molar-refractivity contribution >= 4 is 39.0 Å². The molecule has 11 rings (SSSR count). The lowest BCUT2D eigenvalue weighted by molar-refractivity contribution is 0.660. The lowest BCUT2D eigenvalue weighted by Crippen LogP contribution is -2.16. The maximum absolute atomic E-state index is 6.57. The zero-order valence-electron chi connectivity index (χ0n) is 32.1. The molecule has 0 amide bonds. The number of nitrogens with zero attached hydrogens (tertiary/aromatic N) is 1. The minimum absolute atomic E-state index is 0.0991. The van der Waals surface area contributed by atoms with Gasteiger partial charge < -0.3 is 9.32 Å². The Labute approximate surface area is 328 Å². The molecule has 56 heavy (non-hydrogen) atoms. The summed E-state index contributed by atoms with van der Waals surface area (Å²) in [4.78, 5) is 2.50. The van der Waals surface area contributed by atoms with Crippen LogP contribution in [0.4, 0.5) is 17.1 Å². The van der Waals surface area contributed by atoms with Crippen molar-refractivity contribution in [1.29, 1.82) is 0 Å². The molecule has 0 saturated carbocycles. The molecule has 0 N–H and O–H groups in total. The van der Waals surface area contributed by atoms with Gasteiger partial charge in [0.15, 0.2) is 0 Å². The van der Waals surface area contributed by atoms with Gasteiger partial charge in [-0.3, -0.25) is 0 Å². The van der Waals surface area contributed by atoms with E-state index in [-0.39, 0.29) is 10.8 Å². The van der Waals surface area contributed by atoms with Crippen molar-refractivity contribution in [2.24, 2.45) is 0 Å². The first-order valence-electron chi connectivity index (χ1n) is 19.7. The molecular weight excluding hydrogens is 679 g/mol. The summed E-state index contributed by atoms with van der Waals surface area (Å²) >= 11 is 0. The number of hydrogen-bond donors (Lipinski definition) is 0. The van der Waals surface area contributed by atoms with Crippen LogP contribution in [0.15, 0.2) is 180 Å². The van der Waals surface area contributed by atoms with Crippen molar-refractivity contribution < 1.29 is 4.42 Å². The second-order valence-electron chi connectivity index (χ2n) is 16.5. The third-order valence-electron chi connectivity index (χ3n) is 12.7. The Hall–Kier alpha value is -6.64. The van der Waals surface area contributed by atoms with Gasteiger partial charge in [0.05, 0.1) is 11.4 Å². The standard InChI is InChI=1S/C54H41NO/c1-53(2)45-25-10-6-21-43(45)51-46(53)26-15-28-49(51)55(36-17-13-16-34(32-36)38-22-14-23-42-41-20-8-12-29-50(41)56-52(38)42)48-27-11-7-18-37(48)35-30-31-40-39-19-5-9-24-44(39)54(3,4)47(40)33-35/h5-33H,1-4H3. The van der Waals surface area contributed by atoms with E-state index in [0.29, 0.717) is 0 Å². The Morgan fingerprint density at radius 2 is 0.964 bits per heavy atom. The monoisotopic (exact) mass is 719 g/mol. The van der Waals surface area contributed by atoms with Crippen LogP contribution in [0.25, 0.3) is 66.4 Å². The SMILES string of the molecule is CC1(C)c2ccccc2-c2ccc(-c3ccccc3N(c3cccc(-c4cccc5c4oc4ccccc45)c3)c3cccc4c3-c3ccccc3C4(C)C)cc21. The van der Waals surface area contributed by atoms with Gasteiger partial charge in [-0.25, -0.2) is 0 Å². The van der Waals surface area contributed by atoms with Gasteiger partial charge in [-0.2, -0.15) is 0 Å². The number of benzene rings is 8. The minimum Gasteiger partial charge on any atom is -0.455 e. The highest BCUT2D eigenvalue weighted by atomic mass is 16.3. The summed E-state index contributed by atoms with van der Waals surface area (Å²) in [5.74, 6) is 0. The summed E-state index contributed by atoms with van der Waals surface area (Å²) in [6.07, 6.45) is 0. The maximum atomic E-state index is 6.57. The van der Waals surface area contributed by atoms with Crippen molar-refractivity contribution in [1.82, 2.24) is 0 Å². The normalized spacial score (nSPS) is 14.4. The molecule has 0 bridgehead atoms. The molecule has 8 aromatic carbocycles. The summed E-state index contributed by atoms with van der Waals surface area (Å²) in [5.41, 5.74) is 20.3. The molecule has 0 saturated heterocycles. The van der Waals surface area contributed by atoms with E-state index in [2.05, 4.69) is 202 Å². The molecule has 0 fully saturated rings. The molecule has 2 nitrogen and oxygen atoms in total. The fourth-order valence-electron chi connectivity index (χ4n) is 9.90. The summed E-state index contributed by atoms with van der Waals surface area (Å²) in [5, 5.41) is 2.27. The van der Waals surface area contributed by atoms with Crippen LogP contribution in [-0.2, 0) is 10.8 Å². The number of rotatable bonds is 5. The second-order valence-corrected chi connectivity index (χ2v) is 16.5. The molecule has 0 aliphatic heterocycles. The fraction of sp³-hybridized carbons (Fsp3) is 0.111. The molecule has 2 aliphatic carbocycles. The average molecular weight is 720 g/mol. The van der Waals surface area contributed by atoms with Crippen LogP contribution in [0.5, 0.6) is 0 Å². The molecule has 0 radical (unpaired) electrons. The lowest BCUT2D eigenvalue weighted by atomic mass is 9.81. The molecule has 2 heteroatoms. The van der Waals surface area contributed by atoms with E-state index in [9.17, 15) is 0 Å². The summed E-state index contributed by atoms with van der Waals surface area (Å²) < 4.78 is 6.57. The lowest BCUT2D eigenvalue weighted by Gasteiger charge is -2.31. The molecule has 1 heterocycles. The van der Waals surface area contributed by atoms with Gasteiger partial charge in [0.1, 0.15) is 11.2 Å². The highest BCUT2D eigenvalue weighted by molar-refractivity contribution is 6.10. The van der Waals surface area contributed by atoms with Crippen LogP contribution in [0.2, 0.25) is 0 Å². The average Bonchev–Trinajstić information content (AvgIpc) is 3.81. The highest BCUT2D eigenvalue weighted by Crippen LogP contribution is 2.56. The highest BCUT2D eigenvalue weighted by Gasteiger charge is 2.39. The first-order chi connectivity index (χ1) is 27.3. The van der Waals surface area contributed by atoms with Crippen LogP contribution in [0.1, 0.15) is 49.9 Å². The van der Waals surface area contributed by atoms with Crippen LogP contribution in [0, 0.1) is 0 Å². The third-order valence-corrected chi connectivity index (χ3v) is 12.7. The van der Waals surface area contributed by atoms with E-state index < -0.39 is 0 Å². The van der Waals surface area contributed by atoms with Crippen molar-refractivity contribution in [2.75, 3.05) is 4.90 Å². The van der Waals surface area contributed by atoms with Crippen LogP contribution in [0.3, 0.4) is 0 Å². The van der Waals surface area contributed by atoms with Gasteiger partial charge in [-0.05, 0) is 86.5 Å². The van der Waals surface area contributed by atoms with Crippen molar-refractivity contribution in [3.05, 3.63) is 198 Å². The third kappa shape index (κ3) is 4.62. The zero-order valence-corrected chi connectivity index (χ0v) is 32.1. The van der Waals surface area contributed by atoms with E-state index in [1.165, 1.54) is 61.3 Å². The van der Waals surface area contributed by atoms with Gasteiger partial charge in [0.2, 0.25) is 0 Å². The fourth-order valence-corrected chi connectivity index (χ4v) is 9.90. The summed E-state index contributed by atoms with van der Waals surface area (Å²) in [6.45, 7) is 9.44. The van der Waals surface area contributed by atoms with E-state index in [1.54, 1.807) is 0 Å². The molecule has 0 unspecified atom stereocenters. The number of fused-ring (bicyclic) bond motifs is 9. The molecule has 0 atom stereocenters. The van der Waals surface area contributed by atoms with E-state index >= 15 is 0 Å². The predicted octanol–water partition coefficient (Wildman–Crippen LogP) is 15.0. The second kappa shape index (κ2) is 11.9. The smallest absolute Gasteiger partial charge is 0.143 e. The Balaban J connectivity index is 1.15. The van der Waals surface area contributed by atoms with E-state index in [1.807, 2.05) is 6.07 Å². The molecule has 268 valence electrons. The van der Waals surface area contributed by atoms with Gasteiger partial charge in [-0.15, -0.1) is 0 Å². The molecule has 9 aromatic rings. The van der Waals surface area contributed by atoms with Crippen LogP contribution < -0.4 is 4.90 Å². The van der Waals surface area contributed by atoms with Crippen LogP contribution in [-0.4, -0.2) is 0 Å². The quantitative estimate of drug-likeness (QED) is 0.176. The molecular formula is C54H41NO. The van der Waals surface area contributed by atoms with Gasteiger partial charge in [0.25, 0.3) is 0 Å². The predicted molar refractivity (Wildman–Crippen MR) is 234 cm³/mol. The Morgan fingerprint density at radius 1 is 0.393 bits per heavy atom. The summed E-state index contributed by atoms with van der Waals surface area (Å²) in [6, 6.07) is 64.6. The first-order valence-corrected chi connectivity index (χ1v) is 19.7. The maximum Gasteiger partial charge on any atom is 0.143 e. The van der Waals surface area contributed by atoms with Crippen LogP contribution >= 0.6 is 0 Å². The Morgan fingerprint density at radius 3 is 1.82 bits per heavy atom. The first kappa shape index (κ1) is 32.8. The van der Waals surface area contributed by atoms with Gasteiger partial charge >= 0.3 is 0 Å². The Bertz CT molecular complexity index is 3050. The Kier molecular flexibility index (Phi) is 6.98. The topological polar surface area (TPSA) is 16.4 Å². The minimum atomic E-state index is -0.132. The zero-order chi connectivity index (χ0) is 37.8. The van der Waals surface area contributed by atoms with Crippen molar-refractivity contribution in [3.8, 4) is 44.5 Å². The number of furan rings is 1. The summed E-state index contributed by atoms with van der Waals surface area (Å²) in [7, 11) is 0. The number of anilines is 3. The molecule has 2 aliphatic rings. The van der Waals surface area contributed by atoms with Gasteiger partial charge in [0, 0.05) is 44.0 Å². The molecule has 1 aromatic heterocycles. The largest absolute Gasteiger partial charge is 0.455 e. The van der Waals surface area contributed by atoms with Gasteiger partial charge in [-0.1, -0.05) is 167 Å². The molecule has 0 spiro atoms. The van der Waals surface area contributed by atoms with E-state index in [0.717, 1.165) is 44.4 Å². The van der Waals surface area contributed by atoms with Crippen molar-refractivity contribution in [3.63, 3.8) is 0 Å². The van der Waals surface area contributed by atoms with Crippen molar-refractivity contribution in [2.45, 2.75) is 38.5 Å².